The average Bonchev–Trinajstić information content (AvgIpc) is 3.22. The number of halogens is 2. The number of alkyl halides is 2. The van der Waals surface area contributed by atoms with E-state index in [1.807, 2.05) is 66.0 Å². The van der Waals surface area contributed by atoms with Crippen LogP contribution in [0.15, 0.2) is 71.3 Å². The third-order valence-electron chi connectivity index (χ3n) is 5.82. The highest BCUT2D eigenvalue weighted by atomic mass is 19.3. The summed E-state index contributed by atoms with van der Waals surface area (Å²) in [5.41, 5.74) is 3.42. The monoisotopic (exact) mass is 522 g/mol. The summed E-state index contributed by atoms with van der Waals surface area (Å²) in [6.45, 7) is 5.38. The van der Waals surface area contributed by atoms with Gasteiger partial charge in [0.2, 0.25) is 5.91 Å². The van der Waals surface area contributed by atoms with Crippen molar-refractivity contribution in [3.63, 3.8) is 0 Å². The van der Waals surface area contributed by atoms with Crippen LogP contribution in [0.5, 0.6) is 5.75 Å². The number of nitrogens with one attached hydrogen (secondary N) is 1. The summed E-state index contributed by atoms with van der Waals surface area (Å²) in [5.74, 6) is -0.579. The Kier molecular flexibility index (Phi) is 9.50. The Morgan fingerprint density at radius 2 is 1.95 bits per heavy atom. The van der Waals surface area contributed by atoms with E-state index in [1.54, 1.807) is 13.1 Å². The molecule has 1 aromatic heterocycles. The van der Waals surface area contributed by atoms with Crippen molar-refractivity contribution in [2.45, 2.75) is 6.61 Å². The number of ether oxygens (including phenoxy) is 1. The highest BCUT2D eigenvalue weighted by Crippen LogP contribution is 2.39. The minimum absolute atomic E-state index is 0.104. The third-order valence-corrected chi connectivity index (χ3v) is 5.82. The molecule has 0 aliphatic rings. The Morgan fingerprint density at radius 3 is 2.61 bits per heavy atom. The van der Waals surface area contributed by atoms with Crippen LogP contribution in [-0.4, -0.2) is 69.2 Å². The number of aromatic nitrogens is 1. The van der Waals surface area contributed by atoms with Crippen LogP contribution in [0.3, 0.4) is 0 Å². The minimum atomic E-state index is -3.06. The van der Waals surface area contributed by atoms with Gasteiger partial charge in [-0.3, -0.25) is 14.8 Å². The summed E-state index contributed by atoms with van der Waals surface area (Å²) in [6, 6.07) is 10.8. The minimum Gasteiger partial charge on any atom is -0.432 e. The number of hydrogen-bond acceptors (Lipinski definition) is 6. The topological polar surface area (TPSA) is 74.5 Å². The van der Waals surface area contributed by atoms with Gasteiger partial charge in [0.25, 0.3) is 0 Å². The summed E-state index contributed by atoms with van der Waals surface area (Å²) in [7, 11) is 7.59. The summed E-state index contributed by atoms with van der Waals surface area (Å²) in [6.07, 6.45) is 6.14. The first kappa shape index (κ1) is 28.3. The van der Waals surface area contributed by atoms with Gasteiger partial charge in [-0.1, -0.05) is 24.8 Å². The summed E-state index contributed by atoms with van der Waals surface area (Å²) in [4.78, 5) is 24.5. The van der Waals surface area contributed by atoms with Gasteiger partial charge in [-0.2, -0.15) is 8.78 Å². The number of aliphatic imine (C=N–C) groups is 2. The number of allylic oxidation sites excluding steroid dienone is 1. The van der Waals surface area contributed by atoms with E-state index in [4.69, 9.17) is 4.74 Å². The molecule has 0 saturated heterocycles. The van der Waals surface area contributed by atoms with Gasteiger partial charge in [0.15, 0.2) is 5.75 Å². The highest BCUT2D eigenvalue weighted by molar-refractivity contribution is 6.02. The largest absolute Gasteiger partial charge is 0.432 e. The summed E-state index contributed by atoms with van der Waals surface area (Å²) < 4.78 is 33.4. The fourth-order valence-corrected chi connectivity index (χ4v) is 3.88. The second-order valence-electron chi connectivity index (χ2n) is 8.79. The number of amides is 1. The van der Waals surface area contributed by atoms with Crippen LogP contribution in [0.2, 0.25) is 0 Å². The van der Waals surface area contributed by atoms with Crippen molar-refractivity contribution in [3.05, 3.63) is 66.9 Å². The van der Waals surface area contributed by atoms with E-state index in [0.29, 0.717) is 30.2 Å². The zero-order valence-corrected chi connectivity index (χ0v) is 22.0. The number of benzene rings is 2. The molecule has 1 amide bonds. The molecular weight excluding hydrogens is 490 g/mol. The van der Waals surface area contributed by atoms with Crippen LogP contribution < -0.4 is 15.0 Å². The molecule has 38 heavy (non-hydrogen) atoms. The molecular formula is C28H32F2N6O2. The normalized spacial score (nSPS) is 11.9. The van der Waals surface area contributed by atoms with Crippen molar-refractivity contribution in [2.75, 3.05) is 44.4 Å². The SMILES string of the molecule is C=CC(=O)Nc1cc(N=C/C=C(\N=C)c2cn(C)c3ccccc23)c(OC(F)F)cc1N(C)CCN(C)C. The average molecular weight is 523 g/mol. The van der Waals surface area contributed by atoms with E-state index < -0.39 is 12.5 Å². The smallest absolute Gasteiger partial charge is 0.387 e. The molecule has 10 heteroatoms. The molecule has 0 aliphatic carbocycles. The van der Waals surface area contributed by atoms with Crippen molar-refractivity contribution in [3.8, 4) is 5.75 Å². The molecule has 0 saturated carbocycles. The quantitative estimate of drug-likeness (QED) is 0.257. The number of carbonyl (C=O) groups excluding carboxylic acids is 1. The first-order valence-corrected chi connectivity index (χ1v) is 11.8. The van der Waals surface area contributed by atoms with Gasteiger partial charge in [-0.25, -0.2) is 0 Å². The first-order chi connectivity index (χ1) is 18.1. The number of fused-ring (bicyclic) bond motifs is 1. The van der Waals surface area contributed by atoms with Gasteiger partial charge in [-0.05, 0) is 45.1 Å². The zero-order valence-electron chi connectivity index (χ0n) is 22.0. The molecule has 1 heterocycles. The predicted molar refractivity (Wildman–Crippen MR) is 152 cm³/mol. The number of aryl methyl sites for hydroxylation is 1. The number of anilines is 2. The number of rotatable bonds is 12. The molecule has 0 unspecified atom stereocenters. The lowest BCUT2D eigenvalue weighted by atomic mass is 10.1. The molecule has 8 nitrogen and oxygen atoms in total. The Bertz CT molecular complexity index is 1380. The third kappa shape index (κ3) is 6.92. The molecule has 0 atom stereocenters. The second kappa shape index (κ2) is 12.8. The van der Waals surface area contributed by atoms with Crippen LogP contribution in [-0.2, 0) is 11.8 Å². The van der Waals surface area contributed by atoms with Gasteiger partial charge in [0.05, 0.1) is 17.1 Å². The lowest BCUT2D eigenvalue weighted by Crippen LogP contribution is -2.29. The predicted octanol–water partition coefficient (Wildman–Crippen LogP) is 5.35. The highest BCUT2D eigenvalue weighted by Gasteiger charge is 2.18. The van der Waals surface area contributed by atoms with Crippen molar-refractivity contribution in [1.82, 2.24) is 9.47 Å². The lowest BCUT2D eigenvalue weighted by Gasteiger charge is -2.25. The molecule has 0 aliphatic heterocycles. The first-order valence-electron chi connectivity index (χ1n) is 11.8. The van der Waals surface area contributed by atoms with Crippen molar-refractivity contribution in [2.24, 2.45) is 17.0 Å². The van der Waals surface area contributed by atoms with Gasteiger partial charge in [0, 0.05) is 62.1 Å². The molecule has 0 bridgehead atoms. The fourth-order valence-electron chi connectivity index (χ4n) is 3.88. The van der Waals surface area contributed by atoms with Crippen LogP contribution in [0.4, 0.5) is 25.8 Å². The second-order valence-corrected chi connectivity index (χ2v) is 8.79. The lowest BCUT2D eigenvalue weighted by molar-refractivity contribution is -0.111. The maximum Gasteiger partial charge on any atom is 0.387 e. The van der Waals surface area contributed by atoms with Gasteiger partial charge in [-0.15, -0.1) is 0 Å². The summed E-state index contributed by atoms with van der Waals surface area (Å²) >= 11 is 0. The molecule has 3 rings (SSSR count). The van der Waals surface area contributed by atoms with Crippen LogP contribution in [0.25, 0.3) is 16.6 Å². The Morgan fingerprint density at radius 1 is 1.21 bits per heavy atom. The van der Waals surface area contributed by atoms with E-state index in [-0.39, 0.29) is 11.4 Å². The fraction of sp³-hybridized carbons (Fsp3) is 0.250. The van der Waals surface area contributed by atoms with E-state index in [9.17, 15) is 13.6 Å². The van der Waals surface area contributed by atoms with Gasteiger partial charge < -0.3 is 24.4 Å². The molecule has 0 spiro atoms. The van der Waals surface area contributed by atoms with E-state index in [2.05, 4.69) is 28.6 Å². The van der Waals surface area contributed by atoms with E-state index in [0.717, 1.165) is 22.5 Å². The van der Waals surface area contributed by atoms with E-state index in [1.165, 1.54) is 18.3 Å². The number of nitrogens with zero attached hydrogens (tertiary/aromatic N) is 5. The molecule has 0 radical (unpaired) electrons. The Labute approximate surface area is 221 Å². The zero-order chi connectivity index (χ0) is 27.8. The van der Waals surface area contributed by atoms with Gasteiger partial charge >= 0.3 is 6.61 Å². The van der Waals surface area contributed by atoms with Crippen LogP contribution in [0.1, 0.15) is 5.56 Å². The number of likely N-dealkylation sites (N-methyl/N-ethyl adjacent to an activating group) is 2. The Hall–Kier alpha value is -4.31. The maximum absolute atomic E-state index is 13.3. The number of hydrogen-bond donors (Lipinski definition) is 1. The molecule has 3 aromatic rings. The number of para-hydroxylation sites is 1. The number of carbonyl (C=O) groups is 1. The van der Waals surface area contributed by atoms with Crippen molar-refractivity contribution < 1.29 is 18.3 Å². The van der Waals surface area contributed by atoms with Crippen molar-refractivity contribution >= 4 is 52.5 Å². The molecule has 0 fully saturated rings. The summed E-state index contributed by atoms with van der Waals surface area (Å²) in [5, 5.41) is 3.72. The van der Waals surface area contributed by atoms with Crippen molar-refractivity contribution in [1.29, 1.82) is 0 Å². The molecule has 1 N–H and O–H groups in total. The standard InChI is InChI=1S/C28H32F2N6O2/c1-7-27(37)33-22-16-23(26(38-28(29)30)17-25(22)35(5)15-14-34(3)4)32-13-12-21(31-2)20-18-36(6)24-11-9-8-10-19(20)24/h7-13,16-18,28H,1-2,14-15H2,3-6H3,(H,33,37)/b21-12-,32-13?. The molecule has 2 aromatic carbocycles. The molecule has 200 valence electrons. The Balaban J connectivity index is 2.05. The van der Waals surface area contributed by atoms with Gasteiger partial charge in [0.1, 0.15) is 5.69 Å². The van der Waals surface area contributed by atoms with E-state index >= 15 is 0 Å². The maximum atomic E-state index is 13.3. The van der Waals surface area contributed by atoms with Crippen LogP contribution in [0, 0.1) is 0 Å². The van der Waals surface area contributed by atoms with Crippen LogP contribution >= 0.6 is 0 Å².